The van der Waals surface area contributed by atoms with Crippen LogP contribution in [0.1, 0.15) is 36.8 Å². The van der Waals surface area contributed by atoms with E-state index in [1.807, 2.05) is 12.1 Å². The predicted octanol–water partition coefficient (Wildman–Crippen LogP) is 4.29. The van der Waals surface area contributed by atoms with Gasteiger partial charge in [-0.15, -0.1) is 0 Å². The van der Waals surface area contributed by atoms with Crippen molar-refractivity contribution in [2.75, 3.05) is 27.3 Å². The number of piperidine rings is 1. The van der Waals surface area contributed by atoms with Gasteiger partial charge in [0.2, 0.25) is 5.91 Å². The molecule has 31 heavy (non-hydrogen) atoms. The van der Waals surface area contributed by atoms with Gasteiger partial charge in [-0.25, -0.2) is 8.78 Å². The van der Waals surface area contributed by atoms with Crippen molar-refractivity contribution >= 4 is 5.91 Å². The van der Waals surface area contributed by atoms with Gasteiger partial charge >= 0.3 is 0 Å². The first-order chi connectivity index (χ1) is 15.0. The Bertz CT molecular complexity index is 891. The highest BCUT2D eigenvalue weighted by molar-refractivity contribution is 5.75. The zero-order valence-electron chi connectivity index (χ0n) is 18.1. The van der Waals surface area contributed by atoms with Crippen LogP contribution in [0.25, 0.3) is 0 Å². The van der Waals surface area contributed by atoms with E-state index in [0.717, 1.165) is 44.0 Å². The standard InChI is InChI=1S/C24H30F2N2O3/c1-30-21-8-6-18(23(13-21)31-2)14-27-24(29)10-5-17-4-3-11-28(15-17)16-19-12-20(25)7-9-22(19)26/h6-9,12-13,17H,3-5,10-11,14-16H2,1-2H3,(H,27,29)/t17-/m0/s1. The zero-order chi connectivity index (χ0) is 22.2. The number of nitrogens with zero attached hydrogens (tertiary/aromatic N) is 1. The molecule has 0 bridgehead atoms. The SMILES string of the molecule is COc1ccc(CNC(=O)CC[C@@H]2CCCN(Cc3cc(F)ccc3F)C2)c(OC)c1. The van der Waals surface area contributed by atoms with E-state index in [1.54, 1.807) is 20.3 Å². The van der Waals surface area contributed by atoms with E-state index in [-0.39, 0.29) is 11.7 Å². The maximum Gasteiger partial charge on any atom is 0.220 e. The highest BCUT2D eigenvalue weighted by Gasteiger charge is 2.21. The van der Waals surface area contributed by atoms with E-state index >= 15 is 0 Å². The normalized spacial score (nSPS) is 16.7. The summed E-state index contributed by atoms with van der Waals surface area (Å²) in [6, 6.07) is 9.08. The highest BCUT2D eigenvalue weighted by Crippen LogP contribution is 2.25. The van der Waals surface area contributed by atoms with Gasteiger partial charge in [-0.2, -0.15) is 0 Å². The molecule has 2 aromatic rings. The maximum atomic E-state index is 13.9. The van der Waals surface area contributed by atoms with Crippen molar-refractivity contribution in [2.45, 2.75) is 38.8 Å². The molecular weight excluding hydrogens is 402 g/mol. The van der Waals surface area contributed by atoms with E-state index in [1.165, 1.54) is 12.1 Å². The predicted molar refractivity (Wildman–Crippen MR) is 115 cm³/mol. The summed E-state index contributed by atoms with van der Waals surface area (Å²) in [5, 5.41) is 2.95. The number of benzene rings is 2. The minimum absolute atomic E-state index is 0.00818. The first kappa shape index (κ1) is 23.0. The summed E-state index contributed by atoms with van der Waals surface area (Å²) >= 11 is 0. The Labute approximate surface area is 182 Å². The van der Waals surface area contributed by atoms with Crippen molar-refractivity contribution in [2.24, 2.45) is 5.92 Å². The quantitative estimate of drug-likeness (QED) is 0.642. The maximum absolute atomic E-state index is 13.9. The average Bonchev–Trinajstić information content (AvgIpc) is 2.78. The van der Waals surface area contributed by atoms with Crippen molar-refractivity contribution in [3.8, 4) is 11.5 Å². The van der Waals surface area contributed by atoms with Crippen molar-refractivity contribution in [1.29, 1.82) is 0 Å². The van der Waals surface area contributed by atoms with Crippen molar-refractivity contribution in [3.63, 3.8) is 0 Å². The molecule has 1 heterocycles. The molecular formula is C24H30F2N2O3. The molecule has 5 nitrogen and oxygen atoms in total. The molecule has 0 radical (unpaired) electrons. The first-order valence-corrected chi connectivity index (χ1v) is 10.6. The first-order valence-electron chi connectivity index (χ1n) is 10.6. The third kappa shape index (κ3) is 6.66. The fourth-order valence-corrected chi connectivity index (χ4v) is 4.05. The molecule has 0 spiro atoms. The molecule has 1 aliphatic heterocycles. The number of hydrogen-bond donors (Lipinski definition) is 1. The lowest BCUT2D eigenvalue weighted by atomic mass is 9.93. The Morgan fingerprint density at radius 3 is 2.74 bits per heavy atom. The van der Waals surface area contributed by atoms with Crippen LogP contribution in [-0.4, -0.2) is 38.1 Å². The summed E-state index contributed by atoms with van der Waals surface area (Å²) < 4.78 is 37.9. The van der Waals surface area contributed by atoms with Gasteiger partial charge in [-0.1, -0.05) is 0 Å². The third-order valence-corrected chi connectivity index (χ3v) is 5.75. The summed E-state index contributed by atoms with van der Waals surface area (Å²) in [6.45, 7) is 2.43. The van der Waals surface area contributed by atoms with Gasteiger partial charge in [0.15, 0.2) is 0 Å². The number of amides is 1. The molecule has 1 amide bonds. The summed E-state index contributed by atoms with van der Waals surface area (Å²) in [4.78, 5) is 14.5. The monoisotopic (exact) mass is 432 g/mol. The third-order valence-electron chi connectivity index (χ3n) is 5.75. The molecule has 0 aromatic heterocycles. The Hall–Kier alpha value is -2.67. The van der Waals surface area contributed by atoms with Crippen LogP contribution < -0.4 is 14.8 Å². The molecule has 1 N–H and O–H groups in total. The van der Waals surface area contributed by atoms with E-state index in [9.17, 15) is 13.6 Å². The van der Waals surface area contributed by atoms with Gasteiger partial charge in [0.1, 0.15) is 23.1 Å². The van der Waals surface area contributed by atoms with Crippen LogP contribution in [0.15, 0.2) is 36.4 Å². The fraction of sp³-hybridized carbons (Fsp3) is 0.458. The highest BCUT2D eigenvalue weighted by atomic mass is 19.1. The van der Waals surface area contributed by atoms with Crippen molar-refractivity contribution < 1.29 is 23.0 Å². The Balaban J connectivity index is 1.45. The number of methoxy groups -OCH3 is 2. The minimum atomic E-state index is -0.421. The molecule has 0 unspecified atom stereocenters. The minimum Gasteiger partial charge on any atom is -0.497 e. The van der Waals surface area contributed by atoms with Gasteiger partial charge in [0, 0.05) is 43.2 Å². The second-order valence-corrected chi connectivity index (χ2v) is 7.97. The summed E-state index contributed by atoms with van der Waals surface area (Å²) in [5.74, 6) is 0.934. The Kier molecular flexibility index (Phi) is 8.23. The summed E-state index contributed by atoms with van der Waals surface area (Å²) in [5.41, 5.74) is 1.27. The van der Waals surface area contributed by atoms with Gasteiger partial charge in [-0.05, 0) is 62.1 Å². The van der Waals surface area contributed by atoms with Gasteiger partial charge in [0.25, 0.3) is 0 Å². The second kappa shape index (κ2) is 11.1. The van der Waals surface area contributed by atoms with Crippen LogP contribution in [0.5, 0.6) is 11.5 Å². The largest absolute Gasteiger partial charge is 0.497 e. The molecule has 0 aliphatic carbocycles. The second-order valence-electron chi connectivity index (χ2n) is 7.97. The van der Waals surface area contributed by atoms with Gasteiger partial charge in [-0.3, -0.25) is 9.69 Å². The number of carbonyl (C=O) groups excluding carboxylic acids is 1. The molecule has 1 atom stereocenters. The zero-order valence-corrected chi connectivity index (χ0v) is 18.1. The Morgan fingerprint density at radius 2 is 1.97 bits per heavy atom. The van der Waals surface area contributed by atoms with Crippen LogP contribution in [0.2, 0.25) is 0 Å². The molecule has 168 valence electrons. The number of nitrogens with one attached hydrogen (secondary N) is 1. The number of likely N-dealkylation sites (tertiary alicyclic amines) is 1. The van der Waals surface area contributed by atoms with Crippen LogP contribution >= 0.6 is 0 Å². The lowest BCUT2D eigenvalue weighted by Gasteiger charge is -2.32. The van der Waals surface area contributed by atoms with E-state index in [2.05, 4.69) is 10.2 Å². The number of halogens is 2. The van der Waals surface area contributed by atoms with Gasteiger partial charge < -0.3 is 14.8 Å². The number of carbonyl (C=O) groups is 1. The van der Waals surface area contributed by atoms with Crippen LogP contribution in [0.3, 0.4) is 0 Å². The van der Waals surface area contributed by atoms with Gasteiger partial charge in [0.05, 0.1) is 14.2 Å². The van der Waals surface area contributed by atoms with E-state index in [4.69, 9.17) is 9.47 Å². The van der Waals surface area contributed by atoms with E-state index < -0.39 is 5.82 Å². The molecule has 3 rings (SSSR count). The van der Waals surface area contributed by atoms with Crippen LogP contribution in [-0.2, 0) is 17.9 Å². The summed E-state index contributed by atoms with van der Waals surface area (Å²) in [7, 11) is 3.18. The number of ether oxygens (including phenoxy) is 2. The van der Waals surface area contributed by atoms with Crippen molar-refractivity contribution in [3.05, 3.63) is 59.2 Å². The molecule has 1 saturated heterocycles. The van der Waals surface area contributed by atoms with Crippen LogP contribution in [0.4, 0.5) is 8.78 Å². The van der Waals surface area contributed by atoms with Crippen molar-refractivity contribution in [1.82, 2.24) is 10.2 Å². The summed E-state index contributed by atoms with van der Waals surface area (Å²) in [6.07, 6.45) is 3.24. The number of rotatable bonds is 9. The number of hydrogen-bond acceptors (Lipinski definition) is 4. The smallest absolute Gasteiger partial charge is 0.220 e. The molecule has 1 fully saturated rings. The van der Waals surface area contributed by atoms with E-state index in [0.29, 0.717) is 42.5 Å². The molecule has 0 saturated carbocycles. The topological polar surface area (TPSA) is 50.8 Å². The van der Waals surface area contributed by atoms with Crippen LogP contribution in [0, 0.1) is 17.6 Å². The lowest BCUT2D eigenvalue weighted by molar-refractivity contribution is -0.121. The lowest BCUT2D eigenvalue weighted by Crippen LogP contribution is -2.35. The molecule has 2 aromatic carbocycles. The fourth-order valence-electron chi connectivity index (χ4n) is 4.05. The molecule has 1 aliphatic rings. The molecule has 7 heteroatoms. The average molecular weight is 433 g/mol. The Morgan fingerprint density at radius 1 is 1.13 bits per heavy atom.